The number of hydrogen-bond acceptors (Lipinski definition) is 7. The molecule has 0 bridgehead atoms. The van der Waals surface area contributed by atoms with E-state index in [1.54, 1.807) is 35.1 Å². The molecule has 2 heterocycles. The Bertz CT molecular complexity index is 1590. The Labute approximate surface area is 226 Å². The predicted molar refractivity (Wildman–Crippen MR) is 145 cm³/mol. The molecule has 206 valence electrons. The standard InChI is InChI=1S/C26H27FN4O6S2/c27-23-14-20(15-24(32)26(23)31-16-25(33)29-39(31,36)37)19-7-4-8-22(13-19)28-21-9-11-30(12-10-21)38(34,35)17-18-5-2-1-3-6-18/h1-8,13-15,21,28,32H,9-12,16-17H2,(H,29,33). The SMILES string of the molecule is O=C1CN(c2c(O)cc(-c3cccc(NC4CCN(S(=O)(=O)Cc5ccccc5)CC4)c3)cc2F)S(=O)(=O)N1. The van der Waals surface area contributed by atoms with Crippen molar-refractivity contribution in [3.8, 4) is 16.9 Å². The van der Waals surface area contributed by atoms with Crippen molar-refractivity contribution in [2.24, 2.45) is 0 Å². The van der Waals surface area contributed by atoms with Crippen LogP contribution in [0.4, 0.5) is 15.8 Å². The molecule has 2 aliphatic rings. The van der Waals surface area contributed by atoms with Crippen LogP contribution >= 0.6 is 0 Å². The molecule has 5 rings (SSSR count). The van der Waals surface area contributed by atoms with Crippen molar-refractivity contribution in [3.05, 3.63) is 78.1 Å². The van der Waals surface area contributed by atoms with Crippen LogP contribution in [0.1, 0.15) is 18.4 Å². The molecule has 0 atom stereocenters. The van der Waals surface area contributed by atoms with Crippen LogP contribution in [0.25, 0.3) is 11.1 Å². The first-order chi connectivity index (χ1) is 18.5. The van der Waals surface area contributed by atoms with Gasteiger partial charge in [0, 0.05) is 24.8 Å². The lowest BCUT2D eigenvalue weighted by atomic mass is 10.0. The highest BCUT2D eigenvalue weighted by Crippen LogP contribution is 2.38. The summed E-state index contributed by atoms with van der Waals surface area (Å²) >= 11 is 0. The van der Waals surface area contributed by atoms with Gasteiger partial charge in [-0.2, -0.15) is 8.42 Å². The van der Waals surface area contributed by atoms with Crippen molar-refractivity contribution >= 4 is 37.5 Å². The Morgan fingerprint density at radius 3 is 2.36 bits per heavy atom. The molecule has 2 saturated heterocycles. The maximum absolute atomic E-state index is 15.0. The van der Waals surface area contributed by atoms with Gasteiger partial charge in [0.1, 0.15) is 18.0 Å². The summed E-state index contributed by atoms with van der Waals surface area (Å²) in [7, 11) is -7.70. The van der Waals surface area contributed by atoms with E-state index in [4.69, 9.17) is 0 Å². The highest BCUT2D eigenvalue weighted by Gasteiger charge is 2.37. The molecule has 1 amide bonds. The molecule has 2 fully saturated rings. The van der Waals surface area contributed by atoms with Crippen LogP contribution in [0.2, 0.25) is 0 Å². The van der Waals surface area contributed by atoms with Gasteiger partial charge in [0.2, 0.25) is 10.0 Å². The summed E-state index contributed by atoms with van der Waals surface area (Å²) in [5.74, 6) is -2.47. The maximum Gasteiger partial charge on any atom is 0.326 e. The van der Waals surface area contributed by atoms with Gasteiger partial charge in [-0.15, -0.1) is 0 Å². The fraction of sp³-hybridized carbons (Fsp3) is 0.269. The van der Waals surface area contributed by atoms with Crippen LogP contribution in [0.3, 0.4) is 0 Å². The third-order valence-corrected chi connectivity index (χ3v) is 9.95. The number of anilines is 2. The summed E-state index contributed by atoms with van der Waals surface area (Å²) in [5.41, 5.74) is 1.77. The lowest BCUT2D eigenvalue weighted by Gasteiger charge is -2.32. The van der Waals surface area contributed by atoms with E-state index < -0.39 is 49.9 Å². The van der Waals surface area contributed by atoms with Crippen molar-refractivity contribution in [1.82, 2.24) is 9.03 Å². The number of nitrogens with zero attached hydrogens (tertiary/aromatic N) is 2. The second-order valence-electron chi connectivity index (χ2n) is 9.50. The first kappa shape index (κ1) is 26.9. The number of hydrogen-bond donors (Lipinski definition) is 3. The smallest absolute Gasteiger partial charge is 0.326 e. The first-order valence-corrected chi connectivity index (χ1v) is 15.3. The van der Waals surface area contributed by atoms with Crippen LogP contribution < -0.4 is 14.3 Å². The topological polar surface area (TPSA) is 136 Å². The van der Waals surface area contributed by atoms with Crippen LogP contribution in [0.15, 0.2) is 66.7 Å². The van der Waals surface area contributed by atoms with Gasteiger partial charge in [-0.25, -0.2) is 26.1 Å². The Hall–Kier alpha value is -3.68. The zero-order valence-electron chi connectivity index (χ0n) is 20.7. The van der Waals surface area contributed by atoms with Crippen molar-refractivity contribution in [3.63, 3.8) is 0 Å². The third-order valence-electron chi connectivity index (χ3n) is 6.72. The lowest BCUT2D eigenvalue weighted by molar-refractivity contribution is -0.117. The number of amides is 1. The Kier molecular flexibility index (Phi) is 7.23. The van der Waals surface area contributed by atoms with Gasteiger partial charge < -0.3 is 10.4 Å². The summed E-state index contributed by atoms with van der Waals surface area (Å²) < 4.78 is 68.6. The zero-order chi connectivity index (χ0) is 27.8. The molecule has 0 radical (unpaired) electrons. The normalized spacial score (nSPS) is 18.2. The Morgan fingerprint density at radius 2 is 1.72 bits per heavy atom. The van der Waals surface area contributed by atoms with E-state index in [1.807, 2.05) is 24.3 Å². The first-order valence-electron chi connectivity index (χ1n) is 12.3. The van der Waals surface area contributed by atoms with Crippen LogP contribution in [-0.2, 0) is 30.8 Å². The number of aromatic hydroxyl groups is 1. The second-order valence-corrected chi connectivity index (χ2v) is 13.1. The second kappa shape index (κ2) is 10.5. The summed E-state index contributed by atoms with van der Waals surface area (Å²) in [6.07, 6.45) is 1.22. The van der Waals surface area contributed by atoms with Gasteiger partial charge in [-0.05, 0) is 53.8 Å². The van der Waals surface area contributed by atoms with E-state index in [2.05, 4.69) is 5.32 Å². The minimum atomic E-state index is -4.28. The van der Waals surface area contributed by atoms with Crippen LogP contribution in [0.5, 0.6) is 5.75 Å². The van der Waals surface area contributed by atoms with Gasteiger partial charge >= 0.3 is 10.2 Å². The van der Waals surface area contributed by atoms with Crippen molar-refractivity contribution in [1.29, 1.82) is 0 Å². The van der Waals surface area contributed by atoms with E-state index in [-0.39, 0.29) is 11.8 Å². The molecule has 13 heteroatoms. The van der Waals surface area contributed by atoms with Gasteiger partial charge in [-0.1, -0.05) is 42.5 Å². The van der Waals surface area contributed by atoms with Crippen LogP contribution in [0, 0.1) is 5.82 Å². The predicted octanol–water partition coefficient (Wildman–Crippen LogP) is 2.79. The molecule has 0 aromatic heterocycles. The highest BCUT2D eigenvalue weighted by molar-refractivity contribution is 7.92. The van der Waals surface area contributed by atoms with E-state index in [0.717, 1.165) is 17.3 Å². The number of phenols is 1. The Morgan fingerprint density at radius 1 is 1.00 bits per heavy atom. The number of phenolic OH excluding ortho intramolecular Hbond substituents is 1. The highest BCUT2D eigenvalue weighted by atomic mass is 32.2. The molecule has 3 aromatic rings. The molecule has 10 nitrogen and oxygen atoms in total. The monoisotopic (exact) mass is 574 g/mol. The lowest BCUT2D eigenvalue weighted by Crippen LogP contribution is -2.42. The van der Waals surface area contributed by atoms with Gasteiger partial charge in [0.15, 0.2) is 5.82 Å². The Balaban J connectivity index is 1.26. The quantitative estimate of drug-likeness (QED) is 0.395. The number of piperidine rings is 1. The molecule has 3 N–H and O–H groups in total. The third kappa shape index (κ3) is 5.84. The molecule has 0 unspecified atom stereocenters. The average Bonchev–Trinajstić information content (AvgIpc) is 3.15. The molecule has 2 aliphatic heterocycles. The molecular weight excluding hydrogens is 547 g/mol. The van der Waals surface area contributed by atoms with E-state index in [1.165, 1.54) is 10.4 Å². The summed E-state index contributed by atoms with van der Waals surface area (Å²) in [5, 5.41) is 13.9. The number of carbonyl (C=O) groups excluding carboxylic acids is 1. The minimum absolute atomic E-state index is 0.0290. The van der Waals surface area contributed by atoms with Gasteiger partial charge in [-0.3, -0.25) is 4.79 Å². The largest absolute Gasteiger partial charge is 0.506 e. The number of carbonyl (C=O) groups is 1. The van der Waals surface area contributed by atoms with E-state index in [9.17, 15) is 31.1 Å². The fourth-order valence-corrected chi connectivity index (χ4v) is 7.56. The van der Waals surface area contributed by atoms with E-state index >= 15 is 0 Å². The molecule has 0 saturated carbocycles. The van der Waals surface area contributed by atoms with Crippen molar-refractivity contribution in [2.45, 2.75) is 24.6 Å². The summed E-state index contributed by atoms with van der Waals surface area (Å²) in [6.45, 7) is 0.158. The summed E-state index contributed by atoms with van der Waals surface area (Å²) in [6, 6.07) is 18.5. The minimum Gasteiger partial charge on any atom is -0.506 e. The molecule has 0 aliphatic carbocycles. The van der Waals surface area contributed by atoms with Crippen molar-refractivity contribution < 1.29 is 31.1 Å². The fourth-order valence-electron chi connectivity index (χ4n) is 4.82. The summed E-state index contributed by atoms with van der Waals surface area (Å²) in [4.78, 5) is 11.5. The number of nitrogens with one attached hydrogen (secondary N) is 2. The van der Waals surface area contributed by atoms with Gasteiger partial charge in [0.25, 0.3) is 5.91 Å². The number of sulfonamides is 1. The van der Waals surface area contributed by atoms with Crippen molar-refractivity contribution in [2.75, 3.05) is 29.3 Å². The van der Waals surface area contributed by atoms with Gasteiger partial charge in [0.05, 0.1) is 5.75 Å². The number of halogens is 1. The molecular formula is C26H27FN4O6S2. The molecule has 3 aromatic carbocycles. The average molecular weight is 575 g/mol. The van der Waals surface area contributed by atoms with E-state index in [0.29, 0.717) is 41.4 Å². The number of rotatable bonds is 7. The van der Waals surface area contributed by atoms with Crippen LogP contribution in [-0.4, -0.2) is 57.8 Å². The maximum atomic E-state index is 15.0. The molecule has 0 spiro atoms. The molecule has 39 heavy (non-hydrogen) atoms. The zero-order valence-corrected chi connectivity index (χ0v) is 22.4. The number of benzene rings is 3.